The monoisotopic (exact) mass is 706 g/mol. The molecule has 0 unspecified atom stereocenters. The summed E-state index contributed by atoms with van der Waals surface area (Å²) in [5.41, 5.74) is 0. The van der Waals surface area contributed by atoms with E-state index in [1.165, 1.54) is 0 Å². The molecule has 0 saturated carbocycles. The van der Waals surface area contributed by atoms with Crippen LogP contribution in [0.2, 0.25) is 0 Å². The SMILES string of the molecule is O.O.O=[Se](=O)([O-])O.O=[Se](=O)([O-])O.[Cd].[Cd].[Cd].[OH3+].[OH3+]. The Morgan fingerprint density at radius 2 is 0.647 bits per heavy atom. The molecule has 0 aromatic rings. The van der Waals surface area contributed by atoms with E-state index < -0.39 is 26.7 Å². The maximum atomic E-state index is 8.70. The van der Waals surface area contributed by atoms with Crippen molar-refractivity contribution in [2.24, 2.45) is 0 Å². The fourth-order valence-corrected chi connectivity index (χ4v) is 0. The van der Waals surface area contributed by atoms with Crippen LogP contribution < -0.4 is 8.38 Å². The van der Waals surface area contributed by atoms with Crippen LogP contribution in [0.1, 0.15) is 0 Å². The van der Waals surface area contributed by atoms with Gasteiger partial charge in [0.05, 0.1) is 0 Å². The molecule has 0 aromatic heterocycles. The van der Waals surface area contributed by atoms with Gasteiger partial charge in [0.2, 0.25) is 0 Å². The van der Waals surface area contributed by atoms with Gasteiger partial charge in [0.1, 0.15) is 0 Å². The van der Waals surface area contributed by atoms with Crippen LogP contribution in [0.15, 0.2) is 0 Å². The van der Waals surface area contributed by atoms with Gasteiger partial charge in [-0.05, 0) is 0 Å². The second-order valence-corrected chi connectivity index (χ2v) is 4.45. The molecule has 0 aromatic carbocycles. The first-order chi connectivity index (χ1) is 4.00. The zero-order valence-electron chi connectivity index (χ0n) is 8.44. The van der Waals surface area contributed by atoms with Gasteiger partial charge in [0, 0.05) is 81.9 Å². The van der Waals surface area contributed by atoms with E-state index in [-0.39, 0.29) is 104 Å². The van der Waals surface area contributed by atoms with Gasteiger partial charge in [-0.25, -0.2) is 0 Å². The molecule has 0 atom stereocenters. The fourth-order valence-electron chi connectivity index (χ4n) is 0. The van der Waals surface area contributed by atoms with Crippen molar-refractivity contribution in [2.75, 3.05) is 0 Å². The topological polar surface area (TPSA) is 284 Å². The number of rotatable bonds is 0. The standard InChI is InChI=1S/3Cd.2H2O4Se.4H2O/c;;;2*1-5(2,3)4;;;;/h;;;2*(H2,1,2,3,4);4*1H2. The van der Waals surface area contributed by atoms with E-state index in [9.17, 15) is 0 Å². The minimum atomic E-state index is -5.50. The van der Waals surface area contributed by atoms with E-state index in [0.717, 1.165) is 0 Å². The summed E-state index contributed by atoms with van der Waals surface area (Å²) in [6.45, 7) is 0. The minimum Gasteiger partial charge on any atom is -0.457 e. The summed E-state index contributed by atoms with van der Waals surface area (Å²) in [5, 5.41) is 0. The van der Waals surface area contributed by atoms with Gasteiger partial charge >= 0.3 is 58.8 Å². The smallest absolute Gasteiger partial charge is 0 e. The molecule has 0 saturated heterocycles. The normalized spacial score (nSPS) is 6.82. The summed E-state index contributed by atoms with van der Waals surface area (Å²) in [4.78, 5) is 0. The van der Waals surface area contributed by atoms with Gasteiger partial charge in [-0.2, -0.15) is 0 Å². The van der Waals surface area contributed by atoms with E-state index >= 15 is 0 Å². The molecular formula is H12Cd3O12Se2. The molecule has 0 spiro atoms. The molecule has 12 nitrogen and oxygen atoms in total. The third-order valence-electron chi connectivity index (χ3n) is 0. The molecule has 0 amide bonds. The van der Waals surface area contributed by atoms with Crippen molar-refractivity contribution in [1.29, 1.82) is 0 Å². The molecule has 12 N–H and O–H groups in total. The predicted molar refractivity (Wildman–Crippen MR) is 35.7 cm³/mol. The molecule has 0 radical (unpaired) electrons. The molecule has 17 heavy (non-hydrogen) atoms. The molecule has 0 bridgehead atoms. The molecule has 0 rings (SSSR count). The van der Waals surface area contributed by atoms with E-state index in [0.29, 0.717) is 0 Å². The van der Waals surface area contributed by atoms with Gasteiger partial charge in [0.15, 0.2) is 0 Å². The van der Waals surface area contributed by atoms with Crippen LogP contribution in [-0.4, -0.2) is 46.1 Å². The van der Waals surface area contributed by atoms with E-state index in [2.05, 4.69) is 0 Å². The Morgan fingerprint density at radius 3 is 0.647 bits per heavy atom. The van der Waals surface area contributed by atoms with Gasteiger partial charge in [0.25, 0.3) is 0 Å². The molecule has 0 fully saturated rings. The van der Waals surface area contributed by atoms with E-state index in [1.807, 2.05) is 0 Å². The van der Waals surface area contributed by atoms with Crippen LogP contribution in [0.5, 0.6) is 0 Å². The van der Waals surface area contributed by atoms with Gasteiger partial charge in [-0.15, -0.1) is 0 Å². The average molecular weight is 699 g/mol. The van der Waals surface area contributed by atoms with E-state index in [4.69, 9.17) is 32.1 Å². The first-order valence-corrected chi connectivity index (χ1v) is 7.09. The first-order valence-electron chi connectivity index (χ1n) is 1.37. The van der Waals surface area contributed by atoms with Crippen LogP contribution in [0.3, 0.4) is 0 Å². The van der Waals surface area contributed by atoms with Gasteiger partial charge in [-0.1, -0.05) is 0 Å². The maximum absolute atomic E-state index is 8.70. The van der Waals surface area contributed by atoms with Crippen molar-refractivity contribution in [1.82, 2.24) is 0 Å². The van der Waals surface area contributed by atoms with E-state index in [1.54, 1.807) is 0 Å². The largest absolute Gasteiger partial charge is 0.457 e. The van der Waals surface area contributed by atoms with Crippen molar-refractivity contribution in [2.45, 2.75) is 0 Å². The second-order valence-electron chi connectivity index (χ2n) is 0.855. The van der Waals surface area contributed by atoms with Crippen molar-refractivity contribution in [3.05, 3.63) is 0 Å². The van der Waals surface area contributed by atoms with Crippen LogP contribution in [-0.2, 0) is 108 Å². The molecule has 17 heteroatoms. The summed E-state index contributed by atoms with van der Waals surface area (Å²) in [7, 11) is 0. The Hall–Kier alpha value is 2.69. The zero-order chi connectivity index (χ0) is 9.00. The van der Waals surface area contributed by atoms with Crippen molar-refractivity contribution < 1.29 is 136 Å². The molecule has 0 aliphatic carbocycles. The first kappa shape index (κ1) is 60.2. The van der Waals surface area contributed by atoms with Crippen molar-refractivity contribution in [3.63, 3.8) is 0 Å². The van der Waals surface area contributed by atoms with Crippen LogP contribution in [0.4, 0.5) is 0 Å². The molecule has 0 aliphatic heterocycles. The number of hydrogen-bond donors (Lipinski definition) is 2. The third-order valence-corrected chi connectivity index (χ3v) is 0. The Balaban J connectivity index is -0.00000000762. The summed E-state index contributed by atoms with van der Waals surface area (Å²) in [5.74, 6) is 0. The molecule has 0 heterocycles. The average Bonchev–Trinajstić information content (AvgIpc) is 1.12. The minimum absolute atomic E-state index is 0. The quantitative estimate of drug-likeness (QED) is 0.180. The van der Waals surface area contributed by atoms with Crippen LogP contribution >= 0.6 is 0 Å². The Bertz CT molecular complexity index is 216. The van der Waals surface area contributed by atoms with Gasteiger partial charge in [-0.3, -0.25) is 0 Å². The predicted octanol–water partition coefficient (Wildman–Crippen LogP) is -8.23. The Morgan fingerprint density at radius 1 is 0.647 bits per heavy atom. The van der Waals surface area contributed by atoms with Crippen LogP contribution in [0.25, 0.3) is 0 Å². The Labute approximate surface area is 160 Å². The molecule has 0 aliphatic rings. The van der Waals surface area contributed by atoms with Crippen molar-refractivity contribution >= 4 is 26.7 Å². The summed E-state index contributed by atoms with van der Waals surface area (Å²) in [6, 6.07) is 0. The van der Waals surface area contributed by atoms with Crippen molar-refractivity contribution in [3.8, 4) is 0 Å². The summed E-state index contributed by atoms with van der Waals surface area (Å²) in [6.07, 6.45) is 0. The third kappa shape index (κ3) is 721. The second kappa shape index (κ2) is 27.1. The fraction of sp³-hybridized carbons (Fsp3) is 0. The molecular weight excluding hydrogens is 687 g/mol. The van der Waals surface area contributed by atoms with Crippen LogP contribution in [0, 0.1) is 0 Å². The summed E-state index contributed by atoms with van der Waals surface area (Å²) >= 11 is -11.0. The number of hydrogen-bond acceptors (Lipinski definition) is 6. The summed E-state index contributed by atoms with van der Waals surface area (Å²) < 4.78 is 66.3. The molecule has 102 valence electrons. The zero-order valence-corrected chi connectivity index (χ0v) is 24.0. The Kier molecular flexibility index (Phi) is 96.0. The van der Waals surface area contributed by atoms with Gasteiger partial charge < -0.3 is 21.9 Å². The maximum Gasteiger partial charge on any atom is 0 e.